The maximum absolute atomic E-state index is 8.99. The minimum Gasteiger partial charge on any atom is -0.438 e. The molecule has 0 radical (unpaired) electrons. The summed E-state index contributed by atoms with van der Waals surface area (Å²) in [6.45, 7) is 1.73. The lowest BCUT2D eigenvalue weighted by Gasteiger charge is -2.05. The fraction of sp³-hybridized carbons (Fsp3) is 0.0667. The van der Waals surface area contributed by atoms with E-state index in [0.717, 1.165) is 5.56 Å². The van der Waals surface area contributed by atoms with E-state index in [2.05, 4.69) is 15.1 Å². The van der Waals surface area contributed by atoms with Crippen LogP contribution in [0, 0.1) is 18.3 Å². The zero-order valence-electron chi connectivity index (χ0n) is 11.1. The molecule has 0 saturated heterocycles. The molecule has 0 N–H and O–H groups in total. The minimum atomic E-state index is 0.281. The van der Waals surface area contributed by atoms with Crippen molar-refractivity contribution in [3.05, 3.63) is 54.0 Å². The van der Waals surface area contributed by atoms with Crippen LogP contribution < -0.4 is 4.74 Å². The lowest BCUT2D eigenvalue weighted by Crippen LogP contribution is -1.91. The second-order valence-electron chi connectivity index (χ2n) is 4.23. The Morgan fingerprint density at radius 2 is 2.00 bits per heavy atom. The van der Waals surface area contributed by atoms with Crippen molar-refractivity contribution in [2.24, 2.45) is 0 Å². The molecular weight excluding hydrogens is 268 g/mol. The molecule has 2 aromatic heterocycles. The number of benzene rings is 1. The number of pyridine rings is 1. The van der Waals surface area contributed by atoms with Gasteiger partial charge in [0, 0.05) is 18.7 Å². The molecule has 1 aromatic carbocycles. The molecule has 3 rings (SSSR count). The average molecular weight is 278 g/mol. The number of aromatic nitrogens is 3. The Hall–Kier alpha value is -3.20. The molecule has 0 unspecified atom stereocenters. The predicted octanol–water partition coefficient (Wildman–Crippen LogP) is 3.10. The minimum absolute atomic E-state index is 0.281. The van der Waals surface area contributed by atoms with Crippen LogP contribution in [0.5, 0.6) is 11.6 Å². The second-order valence-corrected chi connectivity index (χ2v) is 4.23. The van der Waals surface area contributed by atoms with E-state index in [9.17, 15) is 0 Å². The number of ether oxygens (including phenoxy) is 1. The number of hydrogen-bond acceptors (Lipinski definition) is 6. The monoisotopic (exact) mass is 278 g/mol. The first-order chi connectivity index (χ1) is 10.3. The van der Waals surface area contributed by atoms with Crippen LogP contribution in [0.2, 0.25) is 0 Å². The van der Waals surface area contributed by atoms with Crippen LogP contribution in [-0.2, 0) is 0 Å². The summed E-state index contributed by atoms with van der Waals surface area (Å²) in [5.41, 5.74) is 1.20. The summed E-state index contributed by atoms with van der Waals surface area (Å²) in [7, 11) is 0. The summed E-state index contributed by atoms with van der Waals surface area (Å²) in [6, 6.07) is 12.5. The molecule has 0 bridgehead atoms. The van der Waals surface area contributed by atoms with Crippen molar-refractivity contribution in [2.45, 2.75) is 6.92 Å². The van der Waals surface area contributed by atoms with Crippen LogP contribution >= 0.6 is 0 Å². The number of hydrogen-bond donors (Lipinski definition) is 0. The lowest BCUT2D eigenvalue weighted by molar-refractivity contribution is 0.394. The molecule has 6 heteroatoms. The van der Waals surface area contributed by atoms with Crippen LogP contribution in [0.25, 0.3) is 11.4 Å². The zero-order valence-corrected chi connectivity index (χ0v) is 11.1. The van der Waals surface area contributed by atoms with E-state index in [-0.39, 0.29) is 5.88 Å². The van der Waals surface area contributed by atoms with Gasteiger partial charge >= 0.3 is 0 Å². The molecule has 2 heterocycles. The Balaban J connectivity index is 1.83. The van der Waals surface area contributed by atoms with Gasteiger partial charge in [0.05, 0.1) is 0 Å². The molecule has 0 aliphatic rings. The highest BCUT2D eigenvalue weighted by atomic mass is 16.5. The van der Waals surface area contributed by atoms with Gasteiger partial charge in [-0.25, -0.2) is 4.98 Å². The third kappa shape index (κ3) is 2.72. The Labute approximate surface area is 120 Å². The second kappa shape index (κ2) is 5.43. The normalized spacial score (nSPS) is 10.1. The molecule has 0 aliphatic heterocycles. The summed E-state index contributed by atoms with van der Waals surface area (Å²) in [5, 5.41) is 12.8. The van der Waals surface area contributed by atoms with E-state index in [1.165, 1.54) is 0 Å². The van der Waals surface area contributed by atoms with Crippen molar-refractivity contribution in [3.63, 3.8) is 0 Å². The van der Waals surface area contributed by atoms with Crippen molar-refractivity contribution in [1.82, 2.24) is 15.1 Å². The smallest absolute Gasteiger partial charge is 0.237 e. The van der Waals surface area contributed by atoms with E-state index in [1.54, 1.807) is 37.4 Å². The summed E-state index contributed by atoms with van der Waals surface area (Å²) >= 11 is 0. The zero-order chi connectivity index (χ0) is 14.7. The number of aryl methyl sites for hydroxylation is 1. The van der Waals surface area contributed by atoms with Crippen molar-refractivity contribution in [2.75, 3.05) is 0 Å². The first-order valence-corrected chi connectivity index (χ1v) is 6.20. The topological polar surface area (TPSA) is 84.8 Å². The highest BCUT2D eigenvalue weighted by molar-refractivity contribution is 5.55. The summed E-state index contributed by atoms with van der Waals surface area (Å²) in [5.74, 6) is 1.89. The lowest BCUT2D eigenvalue weighted by atomic mass is 10.2. The molecular formula is C15H10N4O2. The summed E-state index contributed by atoms with van der Waals surface area (Å²) in [6.07, 6.45) is 1.58. The van der Waals surface area contributed by atoms with Crippen molar-refractivity contribution in [3.8, 4) is 29.1 Å². The van der Waals surface area contributed by atoms with Gasteiger partial charge in [0.25, 0.3) is 0 Å². The molecule has 6 nitrogen and oxygen atoms in total. The van der Waals surface area contributed by atoms with E-state index in [4.69, 9.17) is 14.5 Å². The molecule has 0 spiro atoms. The highest BCUT2D eigenvalue weighted by Gasteiger charge is 2.08. The molecule has 0 aliphatic carbocycles. The van der Waals surface area contributed by atoms with Gasteiger partial charge in [-0.05, 0) is 36.4 Å². The van der Waals surface area contributed by atoms with Gasteiger partial charge in [-0.3, -0.25) is 0 Å². The van der Waals surface area contributed by atoms with E-state index >= 15 is 0 Å². The van der Waals surface area contributed by atoms with E-state index in [0.29, 0.717) is 23.0 Å². The van der Waals surface area contributed by atoms with Crippen LogP contribution in [0.4, 0.5) is 0 Å². The number of rotatable bonds is 3. The molecule has 21 heavy (non-hydrogen) atoms. The Kier molecular flexibility index (Phi) is 3.31. The van der Waals surface area contributed by atoms with Gasteiger partial charge in [0.15, 0.2) is 0 Å². The Morgan fingerprint density at radius 3 is 2.67 bits per heavy atom. The SMILES string of the molecule is Cc1nc(-c2ccc(Oc3ncccc3C#N)cc2)no1. The summed E-state index contributed by atoms with van der Waals surface area (Å²) in [4.78, 5) is 8.19. The van der Waals surface area contributed by atoms with Gasteiger partial charge in [-0.2, -0.15) is 10.2 Å². The van der Waals surface area contributed by atoms with E-state index < -0.39 is 0 Å². The van der Waals surface area contributed by atoms with Gasteiger partial charge in [-0.15, -0.1) is 0 Å². The third-order valence-corrected chi connectivity index (χ3v) is 2.75. The maximum atomic E-state index is 8.99. The molecule has 0 fully saturated rings. The largest absolute Gasteiger partial charge is 0.438 e. The van der Waals surface area contributed by atoms with Crippen molar-refractivity contribution >= 4 is 0 Å². The fourth-order valence-corrected chi connectivity index (χ4v) is 1.76. The Bertz CT molecular complexity index is 803. The molecule has 102 valence electrons. The maximum Gasteiger partial charge on any atom is 0.237 e. The Morgan fingerprint density at radius 1 is 1.19 bits per heavy atom. The van der Waals surface area contributed by atoms with Gasteiger partial charge in [0.2, 0.25) is 17.6 Å². The van der Waals surface area contributed by atoms with Crippen molar-refractivity contribution in [1.29, 1.82) is 5.26 Å². The van der Waals surface area contributed by atoms with Crippen molar-refractivity contribution < 1.29 is 9.26 Å². The standard InChI is InChI=1S/C15H10N4O2/c1-10-18-14(19-21-10)11-4-6-13(7-5-11)20-15-12(9-16)3-2-8-17-15/h2-8H,1H3. The first-order valence-electron chi connectivity index (χ1n) is 6.20. The van der Waals surface area contributed by atoms with Gasteiger partial charge in [0.1, 0.15) is 17.4 Å². The van der Waals surface area contributed by atoms with Gasteiger partial charge in [-0.1, -0.05) is 5.16 Å². The molecule has 3 aromatic rings. The highest BCUT2D eigenvalue weighted by Crippen LogP contribution is 2.25. The predicted molar refractivity (Wildman–Crippen MR) is 73.5 cm³/mol. The molecule has 0 saturated carbocycles. The van der Waals surface area contributed by atoms with Crippen LogP contribution in [0.3, 0.4) is 0 Å². The molecule has 0 amide bonds. The van der Waals surface area contributed by atoms with E-state index in [1.807, 2.05) is 18.2 Å². The van der Waals surface area contributed by atoms with Gasteiger partial charge < -0.3 is 9.26 Å². The number of nitriles is 1. The van der Waals surface area contributed by atoms with Crippen LogP contribution in [0.15, 0.2) is 47.1 Å². The fourth-order valence-electron chi connectivity index (χ4n) is 1.76. The molecule has 0 atom stereocenters. The van der Waals surface area contributed by atoms with Crippen LogP contribution in [-0.4, -0.2) is 15.1 Å². The first kappa shape index (κ1) is 12.8. The quantitative estimate of drug-likeness (QED) is 0.731. The third-order valence-electron chi connectivity index (χ3n) is 2.75. The van der Waals surface area contributed by atoms with Crippen LogP contribution in [0.1, 0.15) is 11.5 Å². The summed E-state index contributed by atoms with van der Waals surface area (Å²) < 4.78 is 10.5. The number of nitrogens with zero attached hydrogens (tertiary/aromatic N) is 4. The average Bonchev–Trinajstić information content (AvgIpc) is 2.95.